The molecule has 2 N–H and O–H groups in total. The predicted molar refractivity (Wildman–Crippen MR) is 320 cm³/mol. The molecule has 7 rings (SSSR count). The van der Waals surface area contributed by atoms with Gasteiger partial charge in [-0.2, -0.15) is 9.15 Å². The van der Waals surface area contributed by atoms with Gasteiger partial charge in [0.1, 0.15) is 31.1 Å². The van der Waals surface area contributed by atoms with Crippen LogP contribution in [0.25, 0.3) is 33.4 Å². The number of carbonyl (C=O) groups is 2. The first-order valence-corrected chi connectivity index (χ1v) is 31.8. The number of carbonyl (C=O) groups excluding carboxylic acids is 2. The van der Waals surface area contributed by atoms with E-state index in [1.54, 1.807) is 32.0 Å². The highest BCUT2D eigenvalue weighted by Crippen LogP contribution is 2.45. The molecule has 2 aliphatic rings. The first-order chi connectivity index (χ1) is 39.4. The summed E-state index contributed by atoms with van der Waals surface area (Å²) in [7, 11) is -11.4. The average Bonchev–Trinajstić information content (AvgIpc) is 3.65. The van der Waals surface area contributed by atoms with Gasteiger partial charge in [0.15, 0.2) is 34.4 Å². The highest BCUT2D eigenvalue weighted by molar-refractivity contribution is 8.04. The number of sulfonamides is 2. The summed E-state index contributed by atoms with van der Waals surface area (Å²) in [5.41, 5.74) is 6.48. The third kappa shape index (κ3) is 14.0. The molecule has 1 aliphatic carbocycles. The second kappa shape index (κ2) is 27.2. The first kappa shape index (κ1) is 63.7. The third-order valence-corrected chi connectivity index (χ3v) is 18.8. The van der Waals surface area contributed by atoms with E-state index in [4.69, 9.17) is 13.9 Å². The van der Waals surface area contributed by atoms with Gasteiger partial charge >= 0.3 is 12.1 Å². The van der Waals surface area contributed by atoms with Crippen LogP contribution in [-0.2, 0) is 40.7 Å². The van der Waals surface area contributed by atoms with Gasteiger partial charge in [-0.05, 0) is 56.7 Å². The zero-order valence-corrected chi connectivity index (χ0v) is 50.9. The Labute approximate surface area is 488 Å². The van der Waals surface area contributed by atoms with Gasteiger partial charge in [-0.1, -0.05) is 116 Å². The number of alkyl carbamates (subject to hydrolysis) is 1. The van der Waals surface area contributed by atoms with Crippen LogP contribution in [0.2, 0.25) is 0 Å². The molecule has 5 aromatic rings. The van der Waals surface area contributed by atoms with E-state index in [1.807, 2.05) is 50.2 Å². The number of amides is 1. The number of fused-ring (bicyclic) bond motifs is 2. The molecule has 0 saturated carbocycles. The van der Waals surface area contributed by atoms with E-state index in [1.165, 1.54) is 16.3 Å². The van der Waals surface area contributed by atoms with Crippen LogP contribution in [0.5, 0.6) is 0 Å². The molecule has 0 bridgehead atoms. The van der Waals surface area contributed by atoms with Crippen LogP contribution in [0.1, 0.15) is 123 Å². The maximum atomic E-state index is 15.9. The van der Waals surface area contributed by atoms with Crippen molar-refractivity contribution in [2.24, 2.45) is 5.41 Å². The molecule has 0 atom stereocenters. The summed E-state index contributed by atoms with van der Waals surface area (Å²) in [4.78, 5) is 20.2. The van der Waals surface area contributed by atoms with Gasteiger partial charge in [-0.3, -0.25) is 4.79 Å². The molecule has 0 radical (unpaired) electrons. The number of ether oxygens (including phenoxy) is 2. The van der Waals surface area contributed by atoms with Crippen LogP contribution < -0.4 is 24.0 Å². The molecule has 0 spiro atoms. The number of halogens is 4. The van der Waals surface area contributed by atoms with Crippen molar-refractivity contribution < 1.29 is 57.9 Å². The second-order valence-electron chi connectivity index (χ2n) is 21.2. The normalized spacial score (nSPS) is 12.8. The number of thioether (sulfide) groups is 1. The van der Waals surface area contributed by atoms with Crippen LogP contribution >= 0.6 is 11.8 Å². The number of rotatable bonds is 24. The fourth-order valence-electron chi connectivity index (χ4n) is 9.72. The smallest absolute Gasteiger partial charge is 0.407 e. The van der Waals surface area contributed by atoms with Crippen LogP contribution in [0.4, 0.5) is 39.4 Å². The Bertz CT molecular complexity index is 3830. The Morgan fingerprint density at radius 3 is 2.07 bits per heavy atom. The molecule has 83 heavy (non-hydrogen) atoms. The number of esters is 1. The summed E-state index contributed by atoms with van der Waals surface area (Å²) in [6.07, 6.45) is 4.80. The summed E-state index contributed by atoms with van der Waals surface area (Å²) in [5.74, 6) is -9.30. The number of hydrogen-bond donors (Lipinski definition) is 2. The maximum Gasteiger partial charge on any atom is 0.407 e. The first-order valence-electron chi connectivity index (χ1n) is 27.8. The van der Waals surface area contributed by atoms with Gasteiger partial charge in [0, 0.05) is 75.6 Å². The van der Waals surface area contributed by atoms with Gasteiger partial charge in [0.2, 0.25) is 22.4 Å². The Balaban J connectivity index is 1.31. The number of nitrogens with one attached hydrogen (secondary N) is 2. The second-order valence-corrected chi connectivity index (χ2v) is 25.8. The minimum atomic E-state index is -5.98. The van der Waals surface area contributed by atoms with Crippen molar-refractivity contribution in [3.05, 3.63) is 148 Å². The van der Waals surface area contributed by atoms with E-state index in [0.717, 1.165) is 64.4 Å². The zero-order valence-electron chi connectivity index (χ0n) is 48.4. The van der Waals surface area contributed by atoms with E-state index in [2.05, 4.69) is 92.6 Å². The van der Waals surface area contributed by atoms with E-state index in [0.29, 0.717) is 47.2 Å². The molecule has 5 aromatic carbocycles. The number of aryl methyl sites for hydroxylation is 1. The Morgan fingerprint density at radius 1 is 0.735 bits per heavy atom. The molecule has 0 unspecified atom stereocenters. The fraction of sp³-hybridized carbons (Fsp3) is 0.365. The van der Waals surface area contributed by atoms with Crippen LogP contribution in [0.15, 0.2) is 122 Å². The monoisotopic (exact) mass is 1200 g/mol. The summed E-state index contributed by atoms with van der Waals surface area (Å²) in [5, 5.41) is 3.52. The number of para-hydroxylation sites is 2. The zero-order chi connectivity index (χ0) is 60.6. The lowest BCUT2D eigenvalue weighted by atomic mass is 9.91. The summed E-state index contributed by atoms with van der Waals surface area (Å²) < 4.78 is 143. The van der Waals surface area contributed by atoms with Gasteiger partial charge in [-0.15, -0.1) is 15.9 Å². The van der Waals surface area contributed by atoms with Crippen molar-refractivity contribution in [3.8, 4) is 22.5 Å². The highest BCUT2D eigenvalue weighted by atomic mass is 32.3. The lowest BCUT2D eigenvalue weighted by molar-refractivity contribution is -0.153. The molecular formula is C63H72F4N4O9S3+2. The molecule has 1 amide bonds. The van der Waals surface area contributed by atoms with Gasteiger partial charge in [-0.25, -0.2) is 39.2 Å². The van der Waals surface area contributed by atoms with E-state index >= 15 is 17.6 Å². The summed E-state index contributed by atoms with van der Waals surface area (Å²) >= 11 is 0.172. The highest BCUT2D eigenvalue weighted by Gasteiger charge is 2.38. The van der Waals surface area contributed by atoms with Crippen molar-refractivity contribution in [2.45, 2.75) is 128 Å². The predicted octanol–water partition coefficient (Wildman–Crippen LogP) is 14.3. The molecular weight excluding hydrogens is 1130 g/mol. The quantitative estimate of drug-likeness (QED) is 0.00870. The number of benzene rings is 6. The minimum Gasteiger partial charge on any atom is -0.463 e. The topological polar surface area (TPSA) is 164 Å². The van der Waals surface area contributed by atoms with Gasteiger partial charge in [0.05, 0.1) is 33.9 Å². The molecule has 0 saturated heterocycles. The Hall–Kier alpha value is -6.87. The third-order valence-electron chi connectivity index (χ3n) is 14.2. The molecule has 442 valence electrons. The minimum absolute atomic E-state index is 0.0372. The fourth-order valence-corrected chi connectivity index (χ4v) is 13.7. The van der Waals surface area contributed by atoms with Crippen molar-refractivity contribution in [2.75, 3.05) is 32.1 Å². The van der Waals surface area contributed by atoms with Crippen LogP contribution in [-0.4, -0.2) is 67.2 Å². The largest absolute Gasteiger partial charge is 0.463 e. The molecule has 1 aliphatic heterocycles. The van der Waals surface area contributed by atoms with E-state index in [-0.39, 0.29) is 42.3 Å². The number of nitrogens with zero attached hydrogens (tertiary/aromatic N) is 2. The van der Waals surface area contributed by atoms with Gasteiger partial charge in [0.25, 0.3) is 20.0 Å². The summed E-state index contributed by atoms with van der Waals surface area (Å²) in [6, 6.07) is 31.0. The molecule has 0 aromatic heterocycles. The average molecular weight is 1200 g/mol. The Morgan fingerprint density at radius 2 is 1.41 bits per heavy atom. The van der Waals surface area contributed by atoms with Crippen molar-refractivity contribution in [1.29, 1.82) is 0 Å². The molecule has 13 nitrogen and oxygen atoms in total. The lowest BCUT2D eigenvalue weighted by Crippen LogP contribution is -2.33. The maximum absolute atomic E-state index is 15.9. The summed E-state index contributed by atoms with van der Waals surface area (Å²) in [6.45, 7) is 19.8. The molecule has 20 heteroatoms. The lowest BCUT2D eigenvalue weighted by Gasteiger charge is -2.20. The van der Waals surface area contributed by atoms with Crippen LogP contribution in [0, 0.1) is 28.7 Å². The molecule has 1 heterocycles. The van der Waals surface area contributed by atoms with E-state index in [9.17, 15) is 26.4 Å². The molecule has 0 fully saturated rings. The van der Waals surface area contributed by atoms with Crippen molar-refractivity contribution >= 4 is 78.1 Å². The SMILES string of the molecule is CCC=[N+](c1ccc2c(-c3ccccc3S(=O)(=O)NS(=O)(=O)c3c(F)c(F)c(SCCOC(=O)NCCOC(=O)C(C)(C)CC)c(F)c3F)c3ccc(=[N+](CCC)c4ccccc4C(C)C)cc-3oc2c1)c1c(CCC)cccc1C(C)C. The van der Waals surface area contributed by atoms with Gasteiger partial charge < -0.3 is 19.2 Å². The van der Waals surface area contributed by atoms with Crippen LogP contribution in [0.3, 0.4) is 0 Å². The van der Waals surface area contributed by atoms with Crippen molar-refractivity contribution in [1.82, 2.24) is 18.6 Å². The van der Waals surface area contributed by atoms with Crippen molar-refractivity contribution in [3.63, 3.8) is 0 Å². The van der Waals surface area contributed by atoms with E-state index < -0.39 is 87.8 Å². The Kier molecular flexibility index (Phi) is 20.9. The number of hydrogen-bond acceptors (Lipinski definition) is 10. The standard InChI is InChI=1S/C63H71F4N4O9S3/c1-11-20-41-21-19-24-45(40(7)8)58(41)71(33-13-3)43-28-30-47-51(38-43)80-50-37-42(70(32-12-2)49-25-17-15-22-44(49)39(5)6)27-29-46(50)53(47)48-23-16-18-26-52(48)82(74,75)69-83(76,77)60-56(66)54(64)59(55(65)57(60)67)81-36-35-79-62(73)68-31-34-78-61(72)63(9,10)14-4/h15-19,21-30,33,37-40,69H,11-14,20,31-32,34-36H2,1-10H3/q+1/p+1.